The van der Waals surface area contributed by atoms with Gasteiger partial charge in [-0.15, -0.1) is 0 Å². The van der Waals surface area contributed by atoms with Gasteiger partial charge in [0, 0.05) is 6.42 Å². The van der Waals surface area contributed by atoms with E-state index in [4.69, 9.17) is 10.5 Å². The Bertz CT molecular complexity index is 1340. The van der Waals surface area contributed by atoms with Crippen molar-refractivity contribution in [2.24, 2.45) is 5.73 Å². The molecule has 0 saturated heterocycles. The van der Waals surface area contributed by atoms with Crippen LogP contribution in [0.2, 0.25) is 0 Å². The van der Waals surface area contributed by atoms with Crippen LogP contribution < -0.4 is 21.7 Å². The van der Waals surface area contributed by atoms with Gasteiger partial charge in [-0.05, 0) is 56.7 Å². The number of amides is 5. The van der Waals surface area contributed by atoms with E-state index >= 15 is 0 Å². The van der Waals surface area contributed by atoms with E-state index in [1.54, 1.807) is 57.4 Å². The number of carbonyl (C=O) groups excluding carboxylic acids is 5. The van der Waals surface area contributed by atoms with Gasteiger partial charge < -0.3 is 31.5 Å². The summed E-state index contributed by atoms with van der Waals surface area (Å²) in [5, 5.41) is 17.3. The molecule has 0 fully saturated rings. The summed E-state index contributed by atoms with van der Waals surface area (Å²) in [5.74, 6) is -4.07. The Balaban J connectivity index is 2.14. The van der Waals surface area contributed by atoms with Crippen LogP contribution in [0.5, 0.6) is 0 Å². The fourth-order valence-corrected chi connectivity index (χ4v) is 4.70. The van der Waals surface area contributed by atoms with Gasteiger partial charge in [-0.1, -0.05) is 60.7 Å². The van der Waals surface area contributed by atoms with Crippen molar-refractivity contribution in [1.29, 1.82) is 0 Å². The highest BCUT2D eigenvalue weighted by atomic mass is 32.2. The number of hydrogen-bond donors (Lipinski definition) is 5. The number of thioether (sulfide) groups is 1. The summed E-state index contributed by atoms with van der Waals surface area (Å²) >= 11 is 1.34. The molecule has 0 aliphatic heterocycles. The maximum atomic E-state index is 13.9. The second kappa shape index (κ2) is 18.5. The van der Waals surface area contributed by atoms with Gasteiger partial charge in [-0.2, -0.15) is 11.8 Å². The van der Waals surface area contributed by atoms with E-state index in [9.17, 15) is 33.9 Å². The van der Waals surface area contributed by atoms with Crippen LogP contribution in [0.25, 0.3) is 0 Å². The number of imide groups is 1. The highest BCUT2D eigenvalue weighted by Gasteiger charge is 2.41. The average Bonchev–Trinajstić information content (AvgIpc) is 3.00. The Hall–Kier alpha value is -4.43. The zero-order valence-electron chi connectivity index (χ0n) is 26.5. The van der Waals surface area contributed by atoms with Gasteiger partial charge in [-0.25, -0.2) is 14.5 Å². The van der Waals surface area contributed by atoms with Crippen molar-refractivity contribution < 1.29 is 38.6 Å². The molecule has 3 atom stereocenters. The summed E-state index contributed by atoms with van der Waals surface area (Å²) in [7, 11) is 0. The van der Waals surface area contributed by atoms with Crippen LogP contribution in [0.15, 0.2) is 60.7 Å². The third-order valence-electron chi connectivity index (χ3n) is 6.44. The summed E-state index contributed by atoms with van der Waals surface area (Å²) < 4.78 is 5.40. The lowest BCUT2D eigenvalue weighted by Crippen LogP contribution is -2.58. The Morgan fingerprint density at radius 3 is 1.93 bits per heavy atom. The summed E-state index contributed by atoms with van der Waals surface area (Å²) in [6.45, 7) is 3.73. The number of aliphatic carboxylic acids is 1. The molecule has 46 heavy (non-hydrogen) atoms. The molecule has 2 aromatic carbocycles. The Morgan fingerprint density at radius 1 is 0.870 bits per heavy atom. The fraction of sp³-hybridized carbons (Fsp3) is 0.438. The third-order valence-corrected chi connectivity index (χ3v) is 7.08. The summed E-state index contributed by atoms with van der Waals surface area (Å²) in [6, 6.07) is 13.9. The van der Waals surface area contributed by atoms with Gasteiger partial charge in [0.1, 0.15) is 17.7 Å². The number of nitrogens with one attached hydrogen (secondary N) is 3. The van der Waals surface area contributed by atoms with E-state index in [2.05, 4.69) is 16.0 Å². The molecule has 0 saturated carbocycles. The predicted octanol–water partition coefficient (Wildman–Crippen LogP) is 1.49. The molecular formula is C32H43N5O8S. The number of ether oxygens (including phenoxy) is 1. The van der Waals surface area contributed by atoms with Gasteiger partial charge in [0.15, 0.2) is 0 Å². The molecule has 0 bridgehead atoms. The minimum atomic E-state index is -1.55. The highest BCUT2D eigenvalue weighted by Crippen LogP contribution is 2.18. The first-order chi connectivity index (χ1) is 21.7. The molecule has 0 unspecified atom stereocenters. The minimum absolute atomic E-state index is 0.0513. The normalized spacial score (nSPS) is 13.0. The van der Waals surface area contributed by atoms with Crippen LogP contribution in [0.4, 0.5) is 4.79 Å². The van der Waals surface area contributed by atoms with Crippen LogP contribution in [0.3, 0.4) is 0 Å². The zero-order chi connectivity index (χ0) is 34.3. The topological polar surface area (TPSA) is 197 Å². The van der Waals surface area contributed by atoms with Crippen molar-refractivity contribution in [3.8, 4) is 0 Å². The summed E-state index contributed by atoms with van der Waals surface area (Å²) in [6.07, 6.45) is 0.740. The van der Waals surface area contributed by atoms with E-state index in [-0.39, 0.29) is 19.3 Å². The quantitative estimate of drug-likeness (QED) is 0.176. The fourth-order valence-electron chi connectivity index (χ4n) is 4.24. The average molecular weight is 658 g/mol. The number of benzene rings is 2. The molecule has 0 spiro atoms. The zero-order valence-corrected chi connectivity index (χ0v) is 27.3. The third kappa shape index (κ3) is 13.3. The molecule has 0 heterocycles. The first-order valence-electron chi connectivity index (χ1n) is 14.7. The van der Waals surface area contributed by atoms with Gasteiger partial charge in [0.05, 0.1) is 19.1 Å². The smallest absolute Gasteiger partial charge is 0.417 e. The van der Waals surface area contributed by atoms with Crippen LogP contribution >= 0.6 is 11.8 Å². The largest absolute Gasteiger partial charge is 0.480 e. The Morgan fingerprint density at radius 2 is 1.41 bits per heavy atom. The summed E-state index contributed by atoms with van der Waals surface area (Å²) in [4.78, 5) is 77.7. The lowest BCUT2D eigenvalue weighted by Gasteiger charge is -2.32. The van der Waals surface area contributed by atoms with E-state index < -0.39 is 72.5 Å². The van der Waals surface area contributed by atoms with Crippen LogP contribution in [0.1, 0.15) is 38.3 Å². The van der Waals surface area contributed by atoms with Crippen molar-refractivity contribution in [2.45, 2.75) is 63.8 Å². The first-order valence-corrected chi connectivity index (χ1v) is 16.1. The molecule has 0 aliphatic rings. The molecule has 14 heteroatoms. The van der Waals surface area contributed by atoms with Gasteiger partial charge in [-0.3, -0.25) is 19.2 Å². The first kappa shape index (κ1) is 37.8. The number of carboxylic acid groups (broad SMARTS) is 1. The number of carbonyl (C=O) groups is 6. The second-order valence-corrected chi connectivity index (χ2v) is 12.4. The maximum Gasteiger partial charge on any atom is 0.417 e. The van der Waals surface area contributed by atoms with Crippen LogP contribution in [0, 0.1) is 0 Å². The van der Waals surface area contributed by atoms with E-state index in [1.807, 2.05) is 30.3 Å². The number of nitrogens with two attached hydrogens (primary N) is 1. The SMILES string of the molecule is CSCC[C@@H](C(=O)O)N(C(=O)OC(C)(C)C)C(=O)[C@H](Cc1ccccc1)NC(=O)CNC(=O)CNC(=O)[C@@H](N)Cc1ccccc1. The number of carboxylic acids is 1. The molecule has 13 nitrogen and oxygen atoms in total. The molecule has 250 valence electrons. The standard InChI is InChI=1S/C32H43N5O8S/c1-32(2,3)45-31(44)37(25(30(42)43)15-16-46-4)29(41)24(18-22-13-9-6-10-14-22)36-27(39)20-34-26(38)19-35-28(40)23(33)17-21-11-7-5-8-12-21/h5-14,23-25H,15-20,33H2,1-4H3,(H,34,38)(H,35,40)(H,36,39)(H,42,43)/t23-,24-,25-/m0/s1. The molecule has 0 aliphatic carbocycles. The van der Waals surface area contributed by atoms with Crippen molar-refractivity contribution in [3.63, 3.8) is 0 Å². The van der Waals surface area contributed by atoms with Crippen LogP contribution in [-0.2, 0) is 41.6 Å². The van der Waals surface area contributed by atoms with E-state index in [0.717, 1.165) is 5.56 Å². The molecule has 6 N–H and O–H groups in total. The monoisotopic (exact) mass is 657 g/mol. The van der Waals surface area contributed by atoms with Gasteiger partial charge in [0.25, 0.3) is 5.91 Å². The molecule has 0 aromatic heterocycles. The van der Waals surface area contributed by atoms with Gasteiger partial charge in [0.2, 0.25) is 17.7 Å². The van der Waals surface area contributed by atoms with Crippen molar-refractivity contribution in [2.75, 3.05) is 25.1 Å². The second-order valence-electron chi connectivity index (χ2n) is 11.4. The molecule has 2 rings (SSSR count). The van der Waals surface area contributed by atoms with Crippen molar-refractivity contribution in [1.82, 2.24) is 20.9 Å². The predicted molar refractivity (Wildman–Crippen MR) is 174 cm³/mol. The molecule has 5 amide bonds. The van der Waals surface area contributed by atoms with Crippen molar-refractivity contribution in [3.05, 3.63) is 71.8 Å². The van der Waals surface area contributed by atoms with Crippen molar-refractivity contribution >= 4 is 47.5 Å². The lowest BCUT2D eigenvalue weighted by atomic mass is 10.0. The number of rotatable bonds is 16. The van der Waals surface area contributed by atoms with E-state index in [0.29, 0.717) is 16.2 Å². The Labute approximate surface area is 273 Å². The number of hydrogen-bond acceptors (Lipinski definition) is 9. The van der Waals surface area contributed by atoms with Gasteiger partial charge >= 0.3 is 12.1 Å². The number of nitrogens with zero attached hydrogens (tertiary/aromatic N) is 1. The lowest BCUT2D eigenvalue weighted by molar-refractivity contribution is -0.150. The molecular weight excluding hydrogens is 614 g/mol. The van der Waals surface area contributed by atoms with E-state index in [1.165, 1.54) is 11.8 Å². The molecule has 0 radical (unpaired) electrons. The minimum Gasteiger partial charge on any atom is -0.480 e. The highest BCUT2D eigenvalue weighted by molar-refractivity contribution is 7.98. The molecule has 2 aromatic rings. The summed E-state index contributed by atoms with van der Waals surface area (Å²) in [5.41, 5.74) is 6.38. The maximum absolute atomic E-state index is 13.9. The van der Waals surface area contributed by atoms with Crippen LogP contribution in [-0.4, -0.2) is 94.5 Å². The Kier molecular flexibility index (Phi) is 15.2.